The number of anilines is 1. The minimum Gasteiger partial charge on any atom is -0.360 e. The van der Waals surface area contributed by atoms with Crippen LogP contribution in [0.4, 0.5) is 5.69 Å². The first-order chi connectivity index (χ1) is 14.2. The number of rotatable bonds is 8. The first-order valence-corrected chi connectivity index (χ1v) is 10.0. The molecule has 1 saturated heterocycles. The molecule has 2 aromatic heterocycles. The lowest BCUT2D eigenvalue weighted by Gasteiger charge is -2.46. The average Bonchev–Trinajstić information content (AvgIpc) is 3.52. The van der Waals surface area contributed by atoms with Crippen LogP contribution in [-0.4, -0.2) is 65.0 Å². The van der Waals surface area contributed by atoms with Crippen LogP contribution < -0.4 is 15.8 Å². The molecule has 0 spiro atoms. The van der Waals surface area contributed by atoms with E-state index in [-0.39, 0.29) is 17.5 Å². The largest absolute Gasteiger partial charge is 0.360 e. The Morgan fingerprint density at radius 1 is 1.41 bits per heavy atom. The molecule has 0 atom stereocenters. The van der Waals surface area contributed by atoms with Crippen molar-refractivity contribution in [3.8, 4) is 11.3 Å². The standard InChI is InChI=1S/C21H26N6O2/c1-22-7-2-3-20(28)26-12-17(13-26)27(11-15-4-5-15)19-9-16(10-24-21(19)29)18-6-8-23-14-25-18/h2-3,6,8-10,14-15,17,22H,4-5,7,11-13H2,1H3,(H,24,29). The van der Waals surface area contributed by atoms with Gasteiger partial charge in [-0.25, -0.2) is 9.97 Å². The van der Waals surface area contributed by atoms with Crippen molar-refractivity contribution in [1.29, 1.82) is 0 Å². The van der Waals surface area contributed by atoms with E-state index >= 15 is 0 Å². The van der Waals surface area contributed by atoms with Crippen LogP contribution in [0.2, 0.25) is 0 Å². The van der Waals surface area contributed by atoms with Gasteiger partial charge in [-0.1, -0.05) is 6.08 Å². The zero-order chi connectivity index (χ0) is 20.2. The molecule has 0 aromatic carbocycles. The molecule has 1 amide bonds. The van der Waals surface area contributed by atoms with E-state index in [9.17, 15) is 9.59 Å². The highest BCUT2D eigenvalue weighted by Gasteiger charge is 2.37. The van der Waals surface area contributed by atoms with Crippen LogP contribution in [0.3, 0.4) is 0 Å². The summed E-state index contributed by atoms with van der Waals surface area (Å²) in [6.45, 7) is 2.78. The zero-order valence-corrected chi connectivity index (χ0v) is 16.5. The highest BCUT2D eigenvalue weighted by atomic mass is 16.2. The van der Waals surface area contributed by atoms with Crippen LogP contribution in [0.1, 0.15) is 12.8 Å². The molecule has 8 nitrogen and oxygen atoms in total. The lowest BCUT2D eigenvalue weighted by atomic mass is 10.0. The molecule has 4 rings (SSSR count). The summed E-state index contributed by atoms with van der Waals surface area (Å²) in [4.78, 5) is 40.0. The molecule has 2 aromatic rings. The second-order valence-corrected chi connectivity index (χ2v) is 7.65. The van der Waals surface area contributed by atoms with Gasteiger partial charge in [-0.15, -0.1) is 0 Å². The third-order valence-electron chi connectivity index (χ3n) is 5.42. The summed E-state index contributed by atoms with van der Waals surface area (Å²) in [7, 11) is 1.84. The minimum absolute atomic E-state index is 0.0199. The number of carbonyl (C=O) groups excluding carboxylic acids is 1. The smallest absolute Gasteiger partial charge is 0.271 e. The van der Waals surface area contributed by atoms with Gasteiger partial charge >= 0.3 is 0 Å². The Morgan fingerprint density at radius 2 is 2.24 bits per heavy atom. The number of aromatic nitrogens is 3. The van der Waals surface area contributed by atoms with Gasteiger partial charge in [-0.05, 0) is 37.9 Å². The van der Waals surface area contributed by atoms with Crippen molar-refractivity contribution < 1.29 is 4.79 Å². The summed E-state index contributed by atoms with van der Waals surface area (Å²) >= 11 is 0. The van der Waals surface area contributed by atoms with Crippen molar-refractivity contribution in [2.75, 3.05) is 38.1 Å². The summed E-state index contributed by atoms with van der Waals surface area (Å²) in [5.41, 5.74) is 2.16. The minimum atomic E-state index is -0.109. The maximum absolute atomic E-state index is 12.7. The molecule has 3 heterocycles. The van der Waals surface area contributed by atoms with Crippen LogP contribution in [-0.2, 0) is 4.79 Å². The van der Waals surface area contributed by atoms with Crippen molar-refractivity contribution in [3.63, 3.8) is 0 Å². The molecule has 1 saturated carbocycles. The Balaban J connectivity index is 1.52. The van der Waals surface area contributed by atoms with E-state index < -0.39 is 0 Å². The average molecular weight is 394 g/mol. The molecule has 8 heteroatoms. The number of hydrogen-bond acceptors (Lipinski definition) is 6. The van der Waals surface area contributed by atoms with Crippen molar-refractivity contribution in [2.24, 2.45) is 5.92 Å². The Hall–Kier alpha value is -3.00. The van der Waals surface area contributed by atoms with Gasteiger partial charge in [0.1, 0.15) is 12.0 Å². The van der Waals surface area contributed by atoms with Crippen LogP contribution in [0.25, 0.3) is 11.3 Å². The second-order valence-electron chi connectivity index (χ2n) is 7.65. The predicted octanol–water partition coefficient (Wildman–Crippen LogP) is 1.03. The van der Waals surface area contributed by atoms with E-state index in [2.05, 4.69) is 25.2 Å². The second kappa shape index (κ2) is 8.57. The molecular weight excluding hydrogens is 368 g/mol. The van der Waals surface area contributed by atoms with Crippen LogP contribution in [0.15, 0.2) is 47.8 Å². The van der Waals surface area contributed by atoms with E-state index in [0.717, 1.165) is 17.8 Å². The Labute approximate surface area is 169 Å². The van der Waals surface area contributed by atoms with Crippen LogP contribution in [0.5, 0.6) is 0 Å². The number of nitrogens with zero attached hydrogens (tertiary/aromatic N) is 4. The molecule has 0 unspecified atom stereocenters. The van der Waals surface area contributed by atoms with Gasteiger partial charge in [-0.2, -0.15) is 0 Å². The van der Waals surface area contributed by atoms with Crippen molar-refractivity contribution in [1.82, 2.24) is 25.2 Å². The van der Waals surface area contributed by atoms with E-state index in [4.69, 9.17) is 0 Å². The van der Waals surface area contributed by atoms with Gasteiger partial charge in [-0.3, -0.25) is 9.59 Å². The topological polar surface area (TPSA) is 94.2 Å². The number of likely N-dealkylation sites (N-methyl/N-ethyl adjacent to an activating group) is 1. The van der Waals surface area contributed by atoms with E-state index in [1.54, 1.807) is 18.5 Å². The van der Waals surface area contributed by atoms with Gasteiger partial charge in [0.05, 0.1) is 11.7 Å². The Bertz CT molecular complexity index is 932. The summed E-state index contributed by atoms with van der Waals surface area (Å²) < 4.78 is 0. The number of aromatic amines is 1. The maximum atomic E-state index is 12.7. The van der Waals surface area contributed by atoms with Gasteiger partial charge in [0.15, 0.2) is 0 Å². The molecule has 1 aliphatic heterocycles. The van der Waals surface area contributed by atoms with Crippen LogP contribution >= 0.6 is 0 Å². The number of nitrogens with one attached hydrogen (secondary N) is 2. The van der Waals surface area contributed by atoms with Gasteiger partial charge in [0.2, 0.25) is 5.91 Å². The van der Waals surface area contributed by atoms with E-state index in [1.807, 2.05) is 30.2 Å². The molecule has 0 radical (unpaired) electrons. The number of carbonyl (C=O) groups is 1. The normalized spacial score (nSPS) is 16.8. The highest BCUT2D eigenvalue weighted by Crippen LogP contribution is 2.33. The van der Waals surface area contributed by atoms with Gasteiger partial charge in [0.25, 0.3) is 5.56 Å². The SMILES string of the molecule is CNCC=CC(=O)N1CC(N(CC2CC2)c2cc(-c3ccncn3)c[nH]c2=O)C1. The highest BCUT2D eigenvalue weighted by molar-refractivity contribution is 5.88. The van der Waals surface area contributed by atoms with E-state index in [0.29, 0.717) is 31.2 Å². The van der Waals surface area contributed by atoms with Crippen molar-refractivity contribution >= 4 is 11.6 Å². The first-order valence-electron chi connectivity index (χ1n) is 10.0. The molecule has 2 aliphatic rings. The fourth-order valence-electron chi connectivity index (χ4n) is 3.53. The third kappa shape index (κ3) is 4.54. The summed E-state index contributed by atoms with van der Waals surface area (Å²) in [6, 6.07) is 3.88. The van der Waals surface area contributed by atoms with E-state index in [1.165, 1.54) is 19.2 Å². The molecule has 29 heavy (non-hydrogen) atoms. The maximum Gasteiger partial charge on any atom is 0.271 e. The van der Waals surface area contributed by atoms with Crippen molar-refractivity contribution in [2.45, 2.75) is 18.9 Å². The molecule has 2 N–H and O–H groups in total. The van der Waals surface area contributed by atoms with Crippen molar-refractivity contribution in [3.05, 3.63) is 53.4 Å². The number of amides is 1. The number of pyridine rings is 1. The molecule has 0 bridgehead atoms. The lowest BCUT2D eigenvalue weighted by Crippen LogP contribution is -2.62. The lowest BCUT2D eigenvalue weighted by molar-refractivity contribution is -0.130. The Kier molecular flexibility index (Phi) is 5.71. The number of H-pyrrole nitrogens is 1. The summed E-state index contributed by atoms with van der Waals surface area (Å²) in [5, 5.41) is 2.99. The van der Waals surface area contributed by atoms with Gasteiger partial charge < -0.3 is 20.1 Å². The zero-order valence-electron chi connectivity index (χ0n) is 16.5. The molecule has 152 valence electrons. The first kappa shape index (κ1) is 19.3. The quantitative estimate of drug-likeness (QED) is 0.650. The fourth-order valence-corrected chi connectivity index (χ4v) is 3.53. The summed E-state index contributed by atoms with van der Waals surface area (Å²) in [6.07, 6.45) is 10.7. The summed E-state index contributed by atoms with van der Waals surface area (Å²) in [5.74, 6) is 0.642. The Morgan fingerprint density at radius 3 is 2.93 bits per heavy atom. The molecule has 1 aliphatic carbocycles. The fraction of sp³-hybridized carbons (Fsp3) is 0.429. The van der Waals surface area contributed by atoms with Crippen LogP contribution in [0, 0.1) is 5.92 Å². The molecular formula is C21H26N6O2. The molecule has 2 fully saturated rings. The predicted molar refractivity (Wildman–Crippen MR) is 112 cm³/mol. The monoisotopic (exact) mass is 394 g/mol. The number of likely N-dealkylation sites (tertiary alicyclic amines) is 1. The number of hydrogen-bond donors (Lipinski definition) is 2. The van der Waals surface area contributed by atoms with Gasteiger partial charge in [0, 0.05) is 50.2 Å². The third-order valence-corrected chi connectivity index (χ3v) is 5.42.